The van der Waals surface area contributed by atoms with Gasteiger partial charge >= 0.3 is 0 Å². The van der Waals surface area contributed by atoms with Crippen molar-refractivity contribution in [3.05, 3.63) is 17.8 Å². The van der Waals surface area contributed by atoms with Gasteiger partial charge in [0.05, 0.1) is 0 Å². The lowest BCUT2D eigenvalue weighted by molar-refractivity contribution is 0.0821. The van der Waals surface area contributed by atoms with Crippen molar-refractivity contribution < 1.29 is 4.79 Å². The van der Waals surface area contributed by atoms with Crippen LogP contribution in [0.15, 0.2) is 12.1 Å². The van der Waals surface area contributed by atoms with Gasteiger partial charge < -0.3 is 10.2 Å². The van der Waals surface area contributed by atoms with Crippen LogP contribution in [0.25, 0.3) is 0 Å². The highest BCUT2D eigenvalue weighted by Crippen LogP contribution is 2.40. The molecule has 2 rings (SSSR count). The Kier molecular flexibility index (Phi) is 4.57. The Morgan fingerprint density at radius 2 is 2.00 bits per heavy atom. The highest BCUT2D eigenvalue weighted by molar-refractivity contribution is 5.91. The van der Waals surface area contributed by atoms with Gasteiger partial charge in [-0.3, -0.25) is 4.79 Å². The molecule has 0 bridgehead atoms. The van der Waals surface area contributed by atoms with Crippen LogP contribution in [0.5, 0.6) is 0 Å². The Hall–Kier alpha value is -1.65. The highest BCUT2D eigenvalue weighted by Gasteiger charge is 2.31. The van der Waals surface area contributed by atoms with Crippen LogP contribution in [-0.2, 0) is 0 Å². The minimum atomic E-state index is -0.120. The third kappa shape index (κ3) is 3.26. The molecule has 1 heterocycles. The maximum absolute atomic E-state index is 11.7. The Morgan fingerprint density at radius 3 is 2.50 bits per heavy atom. The van der Waals surface area contributed by atoms with E-state index in [1.54, 1.807) is 20.2 Å². The van der Waals surface area contributed by atoms with Crippen LogP contribution in [-0.4, -0.2) is 41.6 Å². The van der Waals surface area contributed by atoms with Crippen molar-refractivity contribution in [2.45, 2.75) is 39.0 Å². The third-order valence-corrected chi connectivity index (χ3v) is 4.35. The molecule has 1 saturated carbocycles. The van der Waals surface area contributed by atoms with Crippen LogP contribution in [0.4, 0.5) is 5.82 Å². The Labute approximate surface area is 120 Å². The van der Waals surface area contributed by atoms with Gasteiger partial charge in [0.2, 0.25) is 0 Å². The van der Waals surface area contributed by atoms with Crippen molar-refractivity contribution in [3.8, 4) is 0 Å². The quantitative estimate of drug-likeness (QED) is 0.898. The monoisotopic (exact) mass is 276 g/mol. The molecule has 1 aromatic heterocycles. The second kappa shape index (κ2) is 6.20. The van der Waals surface area contributed by atoms with Gasteiger partial charge in [0.25, 0.3) is 5.91 Å². The number of hydrogen-bond acceptors (Lipinski definition) is 4. The smallest absolute Gasteiger partial charge is 0.273 e. The molecule has 5 heteroatoms. The summed E-state index contributed by atoms with van der Waals surface area (Å²) in [7, 11) is 3.42. The lowest BCUT2D eigenvalue weighted by Crippen LogP contribution is -2.26. The van der Waals surface area contributed by atoms with E-state index in [0.29, 0.717) is 11.1 Å². The van der Waals surface area contributed by atoms with E-state index in [0.717, 1.165) is 12.4 Å². The number of nitrogens with one attached hydrogen (secondary N) is 1. The Morgan fingerprint density at radius 1 is 1.30 bits per heavy atom. The zero-order valence-electron chi connectivity index (χ0n) is 12.6. The van der Waals surface area contributed by atoms with Crippen molar-refractivity contribution in [1.29, 1.82) is 0 Å². The van der Waals surface area contributed by atoms with Crippen LogP contribution in [0.3, 0.4) is 0 Å². The molecule has 1 aliphatic rings. The number of rotatable bonds is 5. The first-order valence-electron chi connectivity index (χ1n) is 7.35. The lowest BCUT2D eigenvalue weighted by atomic mass is 9.83. The molecule has 20 heavy (non-hydrogen) atoms. The first kappa shape index (κ1) is 14.8. The Bertz CT molecular complexity index is 449. The first-order chi connectivity index (χ1) is 9.56. The van der Waals surface area contributed by atoms with Crippen molar-refractivity contribution in [3.63, 3.8) is 0 Å². The van der Waals surface area contributed by atoms with Crippen LogP contribution in [0, 0.1) is 5.41 Å². The van der Waals surface area contributed by atoms with Crippen molar-refractivity contribution in [1.82, 2.24) is 15.1 Å². The average molecular weight is 276 g/mol. The topological polar surface area (TPSA) is 58.1 Å². The SMILES string of the molecule is CCC1(CNc2ccc(C(=O)N(C)C)nn2)CCCC1. The van der Waals surface area contributed by atoms with Crippen LogP contribution in [0.2, 0.25) is 0 Å². The number of carbonyl (C=O) groups excluding carboxylic acids is 1. The predicted octanol–water partition coefficient (Wildman–Crippen LogP) is 2.56. The van der Waals surface area contributed by atoms with Crippen LogP contribution >= 0.6 is 0 Å². The molecule has 5 nitrogen and oxygen atoms in total. The fourth-order valence-corrected chi connectivity index (χ4v) is 2.83. The summed E-state index contributed by atoms with van der Waals surface area (Å²) in [6.45, 7) is 3.21. The maximum atomic E-state index is 11.7. The van der Waals surface area contributed by atoms with Crippen LogP contribution < -0.4 is 5.32 Å². The van der Waals surface area contributed by atoms with Gasteiger partial charge in [0.15, 0.2) is 5.69 Å². The molecule has 0 aliphatic heterocycles. The molecule has 1 N–H and O–H groups in total. The summed E-state index contributed by atoms with van der Waals surface area (Å²) in [6.07, 6.45) is 6.45. The normalized spacial score (nSPS) is 16.9. The third-order valence-electron chi connectivity index (χ3n) is 4.35. The van der Waals surface area contributed by atoms with Gasteiger partial charge in [-0.05, 0) is 36.8 Å². The molecule has 1 aromatic rings. The first-order valence-corrected chi connectivity index (χ1v) is 7.35. The fourth-order valence-electron chi connectivity index (χ4n) is 2.83. The van der Waals surface area contributed by atoms with E-state index in [1.165, 1.54) is 37.0 Å². The molecule has 0 saturated heterocycles. The second-order valence-electron chi connectivity index (χ2n) is 5.92. The van der Waals surface area contributed by atoms with Gasteiger partial charge in [-0.2, -0.15) is 0 Å². The summed E-state index contributed by atoms with van der Waals surface area (Å²) >= 11 is 0. The summed E-state index contributed by atoms with van der Waals surface area (Å²) in [4.78, 5) is 13.2. The van der Waals surface area contributed by atoms with Crippen molar-refractivity contribution >= 4 is 11.7 Å². The van der Waals surface area contributed by atoms with Gasteiger partial charge in [0, 0.05) is 20.6 Å². The van der Waals surface area contributed by atoms with Gasteiger partial charge in [-0.1, -0.05) is 19.8 Å². The second-order valence-corrected chi connectivity index (χ2v) is 5.92. The predicted molar refractivity (Wildman–Crippen MR) is 79.7 cm³/mol. The largest absolute Gasteiger partial charge is 0.368 e. The molecule has 1 fully saturated rings. The number of hydrogen-bond donors (Lipinski definition) is 1. The molecule has 0 aromatic carbocycles. The Balaban J connectivity index is 1.95. The van der Waals surface area contributed by atoms with E-state index >= 15 is 0 Å². The summed E-state index contributed by atoms with van der Waals surface area (Å²) in [5.74, 6) is 0.630. The van der Waals surface area contributed by atoms with Crippen molar-refractivity contribution in [2.24, 2.45) is 5.41 Å². The zero-order chi connectivity index (χ0) is 14.6. The molecule has 0 unspecified atom stereocenters. The molecule has 0 radical (unpaired) electrons. The highest BCUT2D eigenvalue weighted by atomic mass is 16.2. The van der Waals surface area contributed by atoms with E-state index < -0.39 is 0 Å². The van der Waals surface area contributed by atoms with E-state index in [1.807, 2.05) is 6.07 Å². The molecule has 1 aliphatic carbocycles. The number of aromatic nitrogens is 2. The number of amides is 1. The number of anilines is 1. The van der Waals surface area contributed by atoms with E-state index in [2.05, 4.69) is 22.4 Å². The average Bonchev–Trinajstić information content (AvgIpc) is 2.94. The molecule has 1 amide bonds. The maximum Gasteiger partial charge on any atom is 0.273 e. The van der Waals surface area contributed by atoms with E-state index in [9.17, 15) is 4.79 Å². The summed E-state index contributed by atoms with van der Waals surface area (Å²) < 4.78 is 0. The standard InChI is InChI=1S/C15H24N4O/c1-4-15(9-5-6-10-15)11-16-13-8-7-12(17-18-13)14(20)19(2)3/h7-8H,4-6,9-11H2,1-3H3,(H,16,18). The minimum Gasteiger partial charge on any atom is -0.368 e. The van der Waals surface area contributed by atoms with Gasteiger partial charge in [0.1, 0.15) is 5.82 Å². The van der Waals surface area contributed by atoms with Gasteiger partial charge in [-0.25, -0.2) is 0 Å². The number of nitrogens with zero attached hydrogens (tertiary/aromatic N) is 3. The summed E-state index contributed by atoms with van der Waals surface area (Å²) in [6, 6.07) is 3.56. The lowest BCUT2D eigenvalue weighted by Gasteiger charge is -2.27. The summed E-state index contributed by atoms with van der Waals surface area (Å²) in [5, 5.41) is 11.5. The molecule has 0 spiro atoms. The van der Waals surface area contributed by atoms with Gasteiger partial charge in [-0.15, -0.1) is 10.2 Å². The van der Waals surface area contributed by atoms with Crippen molar-refractivity contribution in [2.75, 3.05) is 26.0 Å². The number of carbonyl (C=O) groups is 1. The fraction of sp³-hybridized carbons (Fsp3) is 0.667. The zero-order valence-corrected chi connectivity index (χ0v) is 12.6. The molecule has 0 atom stereocenters. The van der Waals surface area contributed by atoms with E-state index in [4.69, 9.17) is 0 Å². The van der Waals surface area contributed by atoms with Crippen LogP contribution in [0.1, 0.15) is 49.5 Å². The molecule has 110 valence electrons. The summed E-state index contributed by atoms with van der Waals surface area (Å²) in [5.41, 5.74) is 0.798. The molecular weight excluding hydrogens is 252 g/mol. The minimum absolute atomic E-state index is 0.120. The van der Waals surface area contributed by atoms with E-state index in [-0.39, 0.29) is 5.91 Å². The molecular formula is C15H24N4O.